The number of terminal acetylenes is 1. The van der Waals surface area contributed by atoms with Crippen LogP contribution in [0.15, 0.2) is 28.9 Å². The average molecular weight is 795 g/mol. The number of nitrogens with zero attached hydrogens (tertiary/aromatic N) is 5. The molecule has 0 saturated heterocycles. The predicted molar refractivity (Wildman–Crippen MR) is 211 cm³/mol. The number of anilines is 2. The van der Waals surface area contributed by atoms with Gasteiger partial charge in [0, 0.05) is 57.4 Å². The summed E-state index contributed by atoms with van der Waals surface area (Å²) in [5.74, 6) is 2.57. The summed E-state index contributed by atoms with van der Waals surface area (Å²) in [5.41, 5.74) is 15.2. The van der Waals surface area contributed by atoms with Crippen molar-refractivity contribution in [3.05, 3.63) is 24.5 Å². The normalized spacial score (nSPS) is 11.2. The number of fused-ring (bicyclic) bond motifs is 2. The molecule has 0 radical (unpaired) electrons. The maximum Gasteiger partial charge on any atom is 0.292 e. The third-order valence-electron chi connectivity index (χ3n) is 8.28. The highest BCUT2D eigenvalue weighted by Gasteiger charge is 2.18. The first-order chi connectivity index (χ1) is 27.9. The molecular weight excluding hydrogens is 740 g/mol. The van der Waals surface area contributed by atoms with Gasteiger partial charge in [0.15, 0.2) is 11.2 Å². The van der Waals surface area contributed by atoms with E-state index in [0.717, 1.165) is 18.4 Å². The molecule has 0 aliphatic heterocycles. The second-order valence-corrected chi connectivity index (χ2v) is 12.6. The zero-order valence-electron chi connectivity index (χ0n) is 32.3. The lowest BCUT2D eigenvalue weighted by atomic mass is 10.1. The van der Waals surface area contributed by atoms with E-state index >= 15 is 0 Å². The van der Waals surface area contributed by atoms with Crippen LogP contribution < -0.4 is 27.4 Å². The zero-order chi connectivity index (χ0) is 40.5. The van der Waals surface area contributed by atoms with Gasteiger partial charge in [-0.2, -0.15) is 10.1 Å². The van der Waals surface area contributed by atoms with E-state index in [1.54, 1.807) is 10.7 Å². The summed E-state index contributed by atoms with van der Waals surface area (Å²) < 4.78 is 34.4. The molecule has 19 nitrogen and oxygen atoms in total. The molecule has 19 heteroatoms. The van der Waals surface area contributed by atoms with Crippen molar-refractivity contribution < 1.29 is 42.5 Å². The van der Waals surface area contributed by atoms with E-state index in [1.807, 2.05) is 12.1 Å². The van der Waals surface area contributed by atoms with Crippen LogP contribution in [-0.4, -0.2) is 128 Å². The SMILES string of the molecule is C#CCCCC(=O)NCCOCCOCCOCCC(=O)NCCOCCOCCC(=O)NCCCCn1nc(-c2ccc3oc(N)nc3c2)c2c(N)ncnc21. The number of nitrogens with one attached hydrogen (secondary N) is 3. The Morgan fingerprint density at radius 2 is 1.33 bits per heavy atom. The van der Waals surface area contributed by atoms with Gasteiger partial charge in [-0.05, 0) is 37.5 Å². The molecule has 57 heavy (non-hydrogen) atoms. The van der Waals surface area contributed by atoms with Crippen molar-refractivity contribution in [1.29, 1.82) is 0 Å². The fourth-order valence-corrected chi connectivity index (χ4v) is 5.43. The molecule has 0 aliphatic carbocycles. The highest BCUT2D eigenvalue weighted by molar-refractivity contribution is 5.99. The number of oxazole rings is 1. The summed E-state index contributed by atoms with van der Waals surface area (Å²) in [6, 6.07) is 5.57. The number of aromatic nitrogens is 5. The molecule has 4 aromatic rings. The Morgan fingerprint density at radius 1 is 0.737 bits per heavy atom. The van der Waals surface area contributed by atoms with Crippen LogP contribution in [0.25, 0.3) is 33.4 Å². The summed E-state index contributed by atoms with van der Waals surface area (Å²) in [6.45, 7) is 5.47. The number of carbonyl (C=O) groups is 3. The zero-order valence-corrected chi connectivity index (χ0v) is 32.3. The second kappa shape index (κ2) is 25.7. The number of aryl methyl sites for hydroxylation is 1. The van der Waals surface area contributed by atoms with Gasteiger partial charge in [-0.25, -0.2) is 14.6 Å². The van der Waals surface area contributed by atoms with Gasteiger partial charge < -0.3 is 55.5 Å². The Kier molecular flexibility index (Phi) is 20.0. The van der Waals surface area contributed by atoms with Gasteiger partial charge in [0.2, 0.25) is 17.7 Å². The molecule has 0 atom stereocenters. The lowest BCUT2D eigenvalue weighted by molar-refractivity contribution is -0.123. The van der Waals surface area contributed by atoms with Crippen LogP contribution in [-0.2, 0) is 44.6 Å². The minimum Gasteiger partial charge on any atom is -0.424 e. The number of benzene rings is 1. The van der Waals surface area contributed by atoms with Crippen molar-refractivity contribution in [2.45, 2.75) is 51.5 Å². The van der Waals surface area contributed by atoms with Crippen molar-refractivity contribution >= 4 is 51.7 Å². The van der Waals surface area contributed by atoms with Gasteiger partial charge in [-0.1, -0.05) is 0 Å². The monoisotopic (exact) mass is 794 g/mol. The Hall–Kier alpha value is -5.39. The fourth-order valence-electron chi connectivity index (χ4n) is 5.43. The standard InChI is InChI=1S/C38H54N10O9/c1-2-3-4-7-31(49)42-13-18-55-23-25-56-24-21-53-17-11-33(51)43-14-19-54-22-20-52-16-10-32(50)41-12-5-6-15-48-37-34(36(39)44-27-45-37)35(47-48)28-8-9-30-29(26-28)46-38(40)57-30/h1,8-9,26-27H,3-7,10-25H2,(H2,40,46)(H,41,50)(H,42,49)(H,43,51)(H2,39,44,45). The van der Waals surface area contributed by atoms with E-state index in [1.165, 1.54) is 6.33 Å². The number of nitrogen functional groups attached to an aromatic ring is 2. The van der Waals surface area contributed by atoms with Gasteiger partial charge >= 0.3 is 0 Å². The molecule has 0 saturated carbocycles. The number of hydrogen-bond acceptors (Lipinski definition) is 15. The molecule has 0 fully saturated rings. The second-order valence-electron chi connectivity index (χ2n) is 12.6. The number of amides is 3. The van der Waals surface area contributed by atoms with Gasteiger partial charge in [-0.15, -0.1) is 12.3 Å². The van der Waals surface area contributed by atoms with Crippen LogP contribution in [0.3, 0.4) is 0 Å². The largest absolute Gasteiger partial charge is 0.424 e. The summed E-state index contributed by atoms with van der Waals surface area (Å²) in [7, 11) is 0. The first kappa shape index (κ1) is 44.3. The summed E-state index contributed by atoms with van der Waals surface area (Å²) in [6.07, 6.45) is 10.2. The van der Waals surface area contributed by atoms with E-state index < -0.39 is 0 Å². The Labute approximate surface area is 331 Å². The third-order valence-corrected chi connectivity index (χ3v) is 8.28. The van der Waals surface area contributed by atoms with Gasteiger partial charge in [0.05, 0.1) is 71.5 Å². The number of carbonyl (C=O) groups excluding carboxylic acids is 3. The molecule has 7 N–H and O–H groups in total. The van der Waals surface area contributed by atoms with Crippen molar-refractivity contribution in [2.24, 2.45) is 0 Å². The molecule has 3 heterocycles. The number of rotatable bonds is 30. The summed E-state index contributed by atoms with van der Waals surface area (Å²) in [5, 5.41) is 13.9. The molecule has 0 bridgehead atoms. The van der Waals surface area contributed by atoms with E-state index in [-0.39, 0.29) is 49.8 Å². The van der Waals surface area contributed by atoms with Crippen molar-refractivity contribution in [1.82, 2.24) is 40.7 Å². The van der Waals surface area contributed by atoms with Gasteiger partial charge in [0.25, 0.3) is 6.01 Å². The van der Waals surface area contributed by atoms with Crippen molar-refractivity contribution in [3.8, 4) is 23.6 Å². The summed E-state index contributed by atoms with van der Waals surface area (Å²) >= 11 is 0. The molecule has 1 aromatic carbocycles. The molecule has 0 spiro atoms. The smallest absolute Gasteiger partial charge is 0.292 e. The van der Waals surface area contributed by atoms with E-state index in [9.17, 15) is 14.4 Å². The van der Waals surface area contributed by atoms with Gasteiger partial charge in [0.1, 0.15) is 23.4 Å². The predicted octanol–water partition coefficient (Wildman–Crippen LogP) is 1.59. The maximum atomic E-state index is 12.3. The van der Waals surface area contributed by atoms with Gasteiger partial charge in [-0.3, -0.25) is 14.4 Å². The van der Waals surface area contributed by atoms with Crippen LogP contribution in [0.1, 0.15) is 44.9 Å². The number of nitrogens with two attached hydrogens (primary N) is 2. The highest BCUT2D eigenvalue weighted by atomic mass is 16.5. The van der Waals surface area contributed by atoms with Crippen LogP contribution in [0.2, 0.25) is 0 Å². The number of hydrogen-bond donors (Lipinski definition) is 5. The van der Waals surface area contributed by atoms with Crippen LogP contribution in [0.5, 0.6) is 0 Å². The molecule has 310 valence electrons. The molecule has 3 aromatic heterocycles. The fraction of sp³-hybridized carbons (Fsp3) is 0.553. The minimum atomic E-state index is -0.133. The van der Waals surface area contributed by atoms with Crippen molar-refractivity contribution in [2.75, 3.05) is 97.2 Å². The van der Waals surface area contributed by atoms with Crippen LogP contribution >= 0.6 is 0 Å². The minimum absolute atomic E-state index is 0.0317. The highest BCUT2D eigenvalue weighted by Crippen LogP contribution is 2.32. The quantitative estimate of drug-likeness (QED) is 0.0371. The Balaban J connectivity index is 0.923. The van der Waals surface area contributed by atoms with E-state index in [4.69, 9.17) is 51.1 Å². The Morgan fingerprint density at radius 3 is 1.98 bits per heavy atom. The third kappa shape index (κ3) is 16.3. The first-order valence-electron chi connectivity index (χ1n) is 19.1. The lowest BCUT2D eigenvalue weighted by Gasteiger charge is -2.09. The van der Waals surface area contributed by atoms with E-state index in [2.05, 4.69) is 36.8 Å². The molecule has 0 unspecified atom stereocenters. The topological polar surface area (TPSA) is 255 Å². The molecular formula is C38H54N10O9. The average Bonchev–Trinajstić information content (AvgIpc) is 3.77. The van der Waals surface area contributed by atoms with Crippen molar-refractivity contribution in [3.63, 3.8) is 0 Å². The van der Waals surface area contributed by atoms with Crippen LogP contribution in [0, 0.1) is 12.3 Å². The first-order valence-corrected chi connectivity index (χ1v) is 19.1. The summed E-state index contributed by atoms with van der Waals surface area (Å²) in [4.78, 5) is 48.5. The van der Waals surface area contributed by atoms with Crippen LogP contribution in [0.4, 0.5) is 11.8 Å². The van der Waals surface area contributed by atoms with E-state index in [0.29, 0.717) is 132 Å². The number of unbranched alkanes of at least 4 members (excludes halogenated alkanes) is 2. The lowest BCUT2D eigenvalue weighted by Crippen LogP contribution is -2.28. The molecule has 0 aliphatic rings. The molecule has 4 rings (SSSR count). The maximum absolute atomic E-state index is 12.3. The molecule has 3 amide bonds. The Bertz CT molecular complexity index is 1880. The number of ether oxygens (including phenoxy) is 5.